The van der Waals surface area contributed by atoms with E-state index in [-0.39, 0.29) is 6.15 Å². The average molecular weight is 123 g/mol. The smallest absolute Gasteiger partial charge is 0.0307 e. The molecule has 1 rings (SSSR count). The van der Waals surface area contributed by atoms with Crippen molar-refractivity contribution in [3.8, 4) is 0 Å². The number of hydrogen-bond acceptors (Lipinski definition) is 1. The molecule has 1 aromatic rings. The predicted octanol–water partition coefficient (Wildman–Crippen LogP) is 2.41. The van der Waals surface area contributed by atoms with Crippen LogP contribution in [0.5, 0.6) is 0 Å². The van der Waals surface area contributed by atoms with Crippen molar-refractivity contribution >= 4 is 0 Å². The van der Waals surface area contributed by atoms with Gasteiger partial charge in [0, 0.05) is 0 Å². The Morgan fingerprint density at radius 3 is 2.00 bits per heavy atom. The van der Waals surface area contributed by atoms with Gasteiger partial charge < -0.3 is 6.15 Å². The van der Waals surface area contributed by atoms with Gasteiger partial charge in [-0.3, -0.25) is 0 Å². The lowest BCUT2D eigenvalue weighted by Gasteiger charge is -1.89. The second kappa shape index (κ2) is 4.10. The third kappa shape index (κ3) is 2.29. The summed E-state index contributed by atoms with van der Waals surface area (Å²) in [5, 5.41) is 0. The maximum absolute atomic E-state index is 2.16. The molecular weight excluding hydrogens is 110 g/mol. The Bertz CT molecular complexity index is 146. The molecule has 3 N–H and O–H groups in total. The molecule has 0 aliphatic carbocycles. The molecule has 9 heavy (non-hydrogen) atoms. The molecule has 0 amide bonds. The number of benzene rings is 1. The van der Waals surface area contributed by atoms with Gasteiger partial charge in [-0.25, -0.2) is 0 Å². The van der Waals surface area contributed by atoms with E-state index in [0.717, 1.165) is 6.42 Å². The highest BCUT2D eigenvalue weighted by atomic mass is 14.0. The summed E-state index contributed by atoms with van der Waals surface area (Å²) >= 11 is 0. The van der Waals surface area contributed by atoms with E-state index in [0.29, 0.717) is 0 Å². The zero-order valence-electron chi connectivity index (χ0n) is 5.80. The molecule has 0 atom stereocenters. The molecule has 0 saturated heterocycles. The summed E-state index contributed by atoms with van der Waals surface area (Å²) in [6.45, 7) is 2.16. The lowest BCUT2D eigenvalue weighted by Crippen LogP contribution is -1.73. The summed E-state index contributed by atoms with van der Waals surface area (Å²) in [4.78, 5) is 0. The van der Waals surface area contributed by atoms with Gasteiger partial charge in [0.05, 0.1) is 0 Å². The molecule has 0 spiro atoms. The van der Waals surface area contributed by atoms with E-state index in [4.69, 9.17) is 0 Å². The van der Waals surface area contributed by atoms with Crippen molar-refractivity contribution in [2.75, 3.05) is 0 Å². The average Bonchev–Trinajstić information content (AvgIpc) is 1.90. The Kier molecular flexibility index (Phi) is 3.72. The van der Waals surface area contributed by atoms with E-state index in [1.54, 1.807) is 0 Å². The van der Waals surface area contributed by atoms with Gasteiger partial charge in [0.25, 0.3) is 0 Å². The maximum atomic E-state index is 2.16. The molecule has 0 aliphatic heterocycles. The fraction of sp³-hybridized carbons (Fsp3) is 0.250. The molecular formula is C8H13N. The van der Waals surface area contributed by atoms with E-state index in [1.165, 1.54) is 5.56 Å². The first-order valence-electron chi connectivity index (χ1n) is 2.97. The molecule has 0 fully saturated rings. The molecule has 50 valence electrons. The fourth-order valence-corrected chi connectivity index (χ4v) is 0.714. The van der Waals surface area contributed by atoms with Crippen LogP contribution in [0.15, 0.2) is 30.3 Å². The molecule has 0 unspecified atom stereocenters. The minimum atomic E-state index is 0. The Morgan fingerprint density at radius 2 is 1.67 bits per heavy atom. The van der Waals surface area contributed by atoms with Crippen LogP contribution >= 0.6 is 0 Å². The van der Waals surface area contributed by atoms with Crippen molar-refractivity contribution in [3.05, 3.63) is 35.9 Å². The van der Waals surface area contributed by atoms with Crippen LogP contribution in [0, 0.1) is 0 Å². The molecule has 0 aliphatic rings. The molecule has 1 nitrogen and oxygen atoms in total. The molecule has 1 heteroatoms. The highest BCUT2D eigenvalue weighted by molar-refractivity contribution is 5.13. The van der Waals surface area contributed by atoms with E-state index in [2.05, 4.69) is 31.2 Å². The first kappa shape index (κ1) is 8.18. The summed E-state index contributed by atoms with van der Waals surface area (Å²) in [5.74, 6) is 0. The van der Waals surface area contributed by atoms with Crippen molar-refractivity contribution in [1.82, 2.24) is 6.15 Å². The van der Waals surface area contributed by atoms with Crippen molar-refractivity contribution in [2.24, 2.45) is 0 Å². The summed E-state index contributed by atoms with van der Waals surface area (Å²) in [6, 6.07) is 10.5. The van der Waals surface area contributed by atoms with Gasteiger partial charge in [0.2, 0.25) is 0 Å². The summed E-state index contributed by atoms with van der Waals surface area (Å²) < 4.78 is 0. The van der Waals surface area contributed by atoms with Crippen molar-refractivity contribution < 1.29 is 0 Å². The normalized spacial score (nSPS) is 8.11. The first-order valence-corrected chi connectivity index (χ1v) is 2.97. The highest BCUT2D eigenvalue weighted by Gasteiger charge is 1.79. The van der Waals surface area contributed by atoms with Crippen molar-refractivity contribution in [3.63, 3.8) is 0 Å². The lowest BCUT2D eigenvalue weighted by molar-refractivity contribution is 1.14. The molecule has 1 aromatic carbocycles. The third-order valence-electron chi connectivity index (χ3n) is 1.25. The Labute approximate surface area is 56.3 Å². The Morgan fingerprint density at radius 1 is 1.11 bits per heavy atom. The molecule has 0 aromatic heterocycles. The van der Waals surface area contributed by atoms with Crippen molar-refractivity contribution in [2.45, 2.75) is 13.3 Å². The van der Waals surface area contributed by atoms with Gasteiger partial charge in [-0.05, 0) is 12.0 Å². The van der Waals surface area contributed by atoms with Crippen LogP contribution in [-0.4, -0.2) is 0 Å². The monoisotopic (exact) mass is 123 g/mol. The standard InChI is InChI=1S/C8H10.H3N/c1-2-8-6-4-3-5-7-8;/h3-7H,2H2,1H3;1H3. The Balaban J connectivity index is 0.000000640. The Hall–Kier alpha value is -0.820. The predicted molar refractivity (Wildman–Crippen MR) is 40.8 cm³/mol. The van der Waals surface area contributed by atoms with Crippen LogP contribution in [0.3, 0.4) is 0 Å². The van der Waals surface area contributed by atoms with Gasteiger partial charge in [-0.15, -0.1) is 0 Å². The van der Waals surface area contributed by atoms with Crippen LogP contribution in [0.4, 0.5) is 0 Å². The van der Waals surface area contributed by atoms with Crippen LogP contribution < -0.4 is 6.15 Å². The first-order chi connectivity index (χ1) is 3.93. The van der Waals surface area contributed by atoms with Gasteiger partial charge >= 0.3 is 0 Å². The molecule has 0 bridgehead atoms. The summed E-state index contributed by atoms with van der Waals surface area (Å²) in [5.41, 5.74) is 1.41. The van der Waals surface area contributed by atoms with E-state index in [1.807, 2.05) is 6.07 Å². The highest BCUT2D eigenvalue weighted by Crippen LogP contribution is 1.96. The van der Waals surface area contributed by atoms with Crippen molar-refractivity contribution in [1.29, 1.82) is 0 Å². The minimum Gasteiger partial charge on any atom is -0.344 e. The fourth-order valence-electron chi connectivity index (χ4n) is 0.714. The van der Waals surface area contributed by atoms with Crippen LogP contribution in [0.25, 0.3) is 0 Å². The van der Waals surface area contributed by atoms with Crippen LogP contribution in [0.1, 0.15) is 12.5 Å². The topological polar surface area (TPSA) is 35.0 Å². The zero-order valence-corrected chi connectivity index (χ0v) is 5.80. The quantitative estimate of drug-likeness (QED) is 0.611. The van der Waals surface area contributed by atoms with Crippen LogP contribution in [-0.2, 0) is 6.42 Å². The van der Waals surface area contributed by atoms with E-state index in [9.17, 15) is 0 Å². The number of rotatable bonds is 1. The van der Waals surface area contributed by atoms with Gasteiger partial charge in [0.15, 0.2) is 0 Å². The zero-order chi connectivity index (χ0) is 5.82. The van der Waals surface area contributed by atoms with Gasteiger partial charge in [-0.1, -0.05) is 37.3 Å². The van der Waals surface area contributed by atoms with E-state index < -0.39 is 0 Å². The second-order valence-electron chi connectivity index (χ2n) is 1.84. The number of aryl methyl sites for hydroxylation is 1. The summed E-state index contributed by atoms with van der Waals surface area (Å²) in [6.07, 6.45) is 1.14. The molecule has 0 radical (unpaired) electrons. The number of hydrogen-bond donors (Lipinski definition) is 1. The van der Waals surface area contributed by atoms with E-state index >= 15 is 0 Å². The summed E-state index contributed by atoms with van der Waals surface area (Å²) in [7, 11) is 0. The van der Waals surface area contributed by atoms with Gasteiger partial charge in [-0.2, -0.15) is 0 Å². The van der Waals surface area contributed by atoms with Crippen LogP contribution in [0.2, 0.25) is 0 Å². The largest absolute Gasteiger partial charge is 0.344 e. The minimum absolute atomic E-state index is 0. The SMILES string of the molecule is CCc1ccccc1.N. The maximum Gasteiger partial charge on any atom is -0.0307 e. The lowest BCUT2D eigenvalue weighted by atomic mass is 10.2. The van der Waals surface area contributed by atoms with Gasteiger partial charge in [0.1, 0.15) is 0 Å². The molecule has 0 saturated carbocycles. The molecule has 0 heterocycles. The third-order valence-corrected chi connectivity index (χ3v) is 1.25. The second-order valence-corrected chi connectivity index (χ2v) is 1.84.